The molecule has 1 amide bonds. The van der Waals surface area contributed by atoms with Crippen LogP contribution in [-0.4, -0.2) is 37.1 Å². The van der Waals surface area contributed by atoms with Gasteiger partial charge in [-0.25, -0.2) is 9.59 Å². The predicted molar refractivity (Wildman–Crippen MR) is 76.4 cm³/mol. The van der Waals surface area contributed by atoms with Gasteiger partial charge in [0.25, 0.3) is 0 Å². The standard InChI is InChI=1S/C15H25NO5/c1-4-15(9-7-8-10-15)14(19)16-11(12(17)20-5-2)13(18)21-6-3/h11H,4-10H2,1-3H3,(H,16,19). The van der Waals surface area contributed by atoms with Gasteiger partial charge < -0.3 is 14.8 Å². The van der Waals surface area contributed by atoms with Crippen LogP contribution in [0.1, 0.15) is 52.9 Å². The quantitative estimate of drug-likeness (QED) is 0.570. The van der Waals surface area contributed by atoms with Crippen molar-refractivity contribution in [1.29, 1.82) is 0 Å². The Morgan fingerprint density at radius 3 is 1.86 bits per heavy atom. The van der Waals surface area contributed by atoms with Crippen molar-refractivity contribution >= 4 is 17.8 Å². The fraction of sp³-hybridized carbons (Fsp3) is 0.800. The van der Waals surface area contributed by atoms with Gasteiger partial charge in [-0.3, -0.25) is 4.79 Å². The Balaban J connectivity index is 2.82. The van der Waals surface area contributed by atoms with Crippen LogP contribution in [0.5, 0.6) is 0 Å². The summed E-state index contributed by atoms with van der Waals surface area (Å²) in [7, 11) is 0. The van der Waals surface area contributed by atoms with Crippen LogP contribution in [0.4, 0.5) is 0 Å². The van der Waals surface area contributed by atoms with Gasteiger partial charge in [-0.05, 0) is 33.1 Å². The lowest BCUT2D eigenvalue weighted by Crippen LogP contribution is -2.52. The van der Waals surface area contributed by atoms with Crippen LogP contribution in [0.3, 0.4) is 0 Å². The Labute approximate surface area is 125 Å². The highest BCUT2D eigenvalue weighted by Gasteiger charge is 2.42. The molecular weight excluding hydrogens is 274 g/mol. The molecule has 1 N–H and O–H groups in total. The summed E-state index contributed by atoms with van der Waals surface area (Å²) in [5.74, 6) is -1.80. The zero-order chi connectivity index (χ0) is 15.9. The molecule has 0 heterocycles. The summed E-state index contributed by atoms with van der Waals surface area (Å²) in [5, 5.41) is 2.53. The van der Waals surface area contributed by atoms with Crippen molar-refractivity contribution in [2.45, 2.75) is 58.9 Å². The molecule has 0 aromatic rings. The molecule has 0 bridgehead atoms. The highest BCUT2D eigenvalue weighted by atomic mass is 16.6. The van der Waals surface area contributed by atoms with Crippen LogP contribution in [0, 0.1) is 5.41 Å². The van der Waals surface area contributed by atoms with Crippen molar-refractivity contribution in [2.24, 2.45) is 5.41 Å². The Hall–Kier alpha value is -1.59. The van der Waals surface area contributed by atoms with Crippen LogP contribution in [0.25, 0.3) is 0 Å². The summed E-state index contributed by atoms with van der Waals surface area (Å²) in [4.78, 5) is 36.2. The lowest BCUT2D eigenvalue weighted by molar-refractivity contribution is -0.160. The Bertz CT molecular complexity index is 370. The van der Waals surface area contributed by atoms with Gasteiger partial charge in [-0.2, -0.15) is 0 Å². The summed E-state index contributed by atoms with van der Waals surface area (Å²) >= 11 is 0. The Kier molecular flexibility index (Phi) is 6.65. The third kappa shape index (κ3) is 4.19. The normalized spacial score (nSPS) is 16.6. The molecule has 1 rings (SSSR count). The molecule has 0 saturated heterocycles. The minimum absolute atomic E-state index is 0.142. The van der Waals surface area contributed by atoms with E-state index in [-0.39, 0.29) is 19.1 Å². The van der Waals surface area contributed by atoms with Crippen LogP contribution < -0.4 is 5.32 Å². The summed E-state index contributed by atoms with van der Waals surface area (Å²) in [5.41, 5.74) is -0.475. The van der Waals surface area contributed by atoms with Gasteiger partial charge in [0, 0.05) is 5.41 Å². The van der Waals surface area contributed by atoms with Gasteiger partial charge in [0.1, 0.15) is 0 Å². The van der Waals surface area contributed by atoms with Gasteiger partial charge in [-0.1, -0.05) is 19.8 Å². The van der Waals surface area contributed by atoms with E-state index >= 15 is 0 Å². The topological polar surface area (TPSA) is 81.7 Å². The first-order chi connectivity index (χ1) is 10.0. The molecule has 0 spiro atoms. The number of esters is 2. The number of hydrogen-bond donors (Lipinski definition) is 1. The van der Waals surface area contributed by atoms with Crippen LogP contribution in [0.2, 0.25) is 0 Å². The number of amides is 1. The molecule has 0 unspecified atom stereocenters. The second-order valence-corrected chi connectivity index (χ2v) is 5.25. The molecule has 0 aliphatic heterocycles. The molecule has 1 aliphatic carbocycles. The fourth-order valence-corrected chi connectivity index (χ4v) is 2.74. The highest BCUT2D eigenvalue weighted by Crippen LogP contribution is 2.41. The van der Waals surface area contributed by atoms with Crippen molar-refractivity contribution in [3.63, 3.8) is 0 Å². The monoisotopic (exact) mass is 299 g/mol. The molecule has 0 radical (unpaired) electrons. The number of rotatable bonds is 7. The fourth-order valence-electron chi connectivity index (χ4n) is 2.74. The number of carbonyl (C=O) groups is 3. The number of hydrogen-bond acceptors (Lipinski definition) is 5. The van der Waals surface area contributed by atoms with Crippen LogP contribution >= 0.6 is 0 Å². The van der Waals surface area contributed by atoms with Gasteiger partial charge in [0.05, 0.1) is 13.2 Å². The molecule has 21 heavy (non-hydrogen) atoms. The van der Waals surface area contributed by atoms with E-state index < -0.39 is 23.4 Å². The van der Waals surface area contributed by atoms with Gasteiger partial charge >= 0.3 is 11.9 Å². The lowest BCUT2D eigenvalue weighted by Gasteiger charge is -2.27. The average Bonchev–Trinajstić information content (AvgIpc) is 2.95. The lowest BCUT2D eigenvalue weighted by atomic mass is 9.82. The molecule has 6 nitrogen and oxygen atoms in total. The SMILES string of the molecule is CCOC(=O)C(NC(=O)C1(CC)CCCC1)C(=O)OCC. The van der Waals surface area contributed by atoms with E-state index in [0.717, 1.165) is 25.7 Å². The Morgan fingerprint density at radius 1 is 1.00 bits per heavy atom. The van der Waals surface area contributed by atoms with Crippen LogP contribution in [0.15, 0.2) is 0 Å². The second kappa shape index (κ2) is 8.00. The van der Waals surface area contributed by atoms with E-state index in [1.165, 1.54) is 0 Å². The van der Waals surface area contributed by atoms with Gasteiger partial charge in [0.2, 0.25) is 11.9 Å². The Morgan fingerprint density at radius 2 is 1.48 bits per heavy atom. The zero-order valence-corrected chi connectivity index (χ0v) is 13.1. The zero-order valence-electron chi connectivity index (χ0n) is 13.1. The molecule has 1 aliphatic rings. The largest absolute Gasteiger partial charge is 0.464 e. The second-order valence-electron chi connectivity index (χ2n) is 5.25. The van der Waals surface area contributed by atoms with Gasteiger partial charge in [-0.15, -0.1) is 0 Å². The molecule has 120 valence electrons. The van der Waals surface area contributed by atoms with E-state index in [0.29, 0.717) is 6.42 Å². The first kappa shape index (κ1) is 17.5. The summed E-state index contributed by atoms with van der Waals surface area (Å²) in [6.07, 6.45) is 4.24. The molecule has 0 aromatic heterocycles. The van der Waals surface area contributed by atoms with E-state index in [9.17, 15) is 14.4 Å². The third-order valence-corrected chi connectivity index (χ3v) is 4.04. The van der Waals surface area contributed by atoms with Crippen molar-refractivity contribution in [1.82, 2.24) is 5.32 Å². The van der Waals surface area contributed by atoms with E-state index in [1.807, 2.05) is 6.92 Å². The maximum absolute atomic E-state index is 12.5. The van der Waals surface area contributed by atoms with E-state index in [1.54, 1.807) is 13.8 Å². The van der Waals surface area contributed by atoms with Crippen molar-refractivity contribution in [2.75, 3.05) is 13.2 Å². The van der Waals surface area contributed by atoms with Crippen LogP contribution in [-0.2, 0) is 23.9 Å². The van der Waals surface area contributed by atoms with Gasteiger partial charge in [0.15, 0.2) is 0 Å². The maximum Gasteiger partial charge on any atom is 0.340 e. The first-order valence-electron chi connectivity index (χ1n) is 7.65. The number of nitrogens with one attached hydrogen (secondary N) is 1. The third-order valence-electron chi connectivity index (χ3n) is 4.04. The predicted octanol–water partition coefficient (Wildman–Crippen LogP) is 1.57. The minimum Gasteiger partial charge on any atom is -0.464 e. The van der Waals surface area contributed by atoms with Crippen molar-refractivity contribution in [3.05, 3.63) is 0 Å². The molecule has 0 aromatic carbocycles. The van der Waals surface area contributed by atoms with Crippen molar-refractivity contribution in [3.8, 4) is 0 Å². The molecule has 6 heteroatoms. The minimum atomic E-state index is -1.37. The maximum atomic E-state index is 12.5. The number of ether oxygens (including phenoxy) is 2. The highest BCUT2D eigenvalue weighted by molar-refractivity contribution is 6.03. The molecular formula is C15H25NO5. The molecule has 1 fully saturated rings. The molecule has 0 atom stereocenters. The summed E-state index contributed by atoms with van der Waals surface area (Å²) < 4.78 is 9.69. The van der Waals surface area contributed by atoms with E-state index in [2.05, 4.69) is 5.32 Å². The number of carbonyl (C=O) groups excluding carboxylic acids is 3. The first-order valence-corrected chi connectivity index (χ1v) is 7.65. The van der Waals surface area contributed by atoms with Crippen molar-refractivity contribution < 1.29 is 23.9 Å². The average molecular weight is 299 g/mol. The summed E-state index contributed by atoms with van der Waals surface area (Å²) in [6.45, 7) is 5.53. The molecule has 1 saturated carbocycles. The smallest absolute Gasteiger partial charge is 0.340 e. The van der Waals surface area contributed by atoms with E-state index in [4.69, 9.17) is 9.47 Å². The summed E-state index contributed by atoms with van der Waals surface area (Å²) in [6, 6.07) is -1.37.